The Bertz CT molecular complexity index is 1390. The molecule has 1 N–H and O–H groups in total. The van der Waals surface area contributed by atoms with Crippen molar-refractivity contribution in [2.24, 2.45) is 5.92 Å². The van der Waals surface area contributed by atoms with Gasteiger partial charge < -0.3 is 24.4 Å². The lowest BCUT2D eigenvalue weighted by Gasteiger charge is -2.19. The third-order valence-electron chi connectivity index (χ3n) is 6.59. The van der Waals surface area contributed by atoms with Crippen LogP contribution in [0.5, 0.6) is 11.5 Å². The summed E-state index contributed by atoms with van der Waals surface area (Å²) in [6.45, 7) is 8.10. The van der Waals surface area contributed by atoms with Crippen molar-refractivity contribution in [3.63, 3.8) is 0 Å². The predicted molar refractivity (Wildman–Crippen MR) is 154 cm³/mol. The summed E-state index contributed by atoms with van der Waals surface area (Å²) in [5, 5.41) is 2.60. The van der Waals surface area contributed by atoms with Gasteiger partial charge in [0, 0.05) is 24.3 Å². The summed E-state index contributed by atoms with van der Waals surface area (Å²) in [6, 6.07) is 21.2. The van der Waals surface area contributed by atoms with Gasteiger partial charge in [0.05, 0.1) is 18.1 Å². The van der Waals surface area contributed by atoms with Crippen LogP contribution in [0.25, 0.3) is 0 Å². The Morgan fingerprint density at radius 3 is 2.07 bits per heavy atom. The Balaban J connectivity index is 1.26. The van der Waals surface area contributed by atoms with Gasteiger partial charge in [-0.25, -0.2) is 4.79 Å². The standard InChI is InChI=1S/C32H34N2O7/c1-5-39-30(37)21-6-10-24(11-7-21)33-28(35)20-40-31(38)22-18-29(36)34(19-22)25-12-16-27(17-13-25)41-26-14-8-23(9-15-26)32(2,3)4/h6-17,22H,5,18-20H2,1-4H3,(H,33,35)/t22-/m1/s1. The van der Waals surface area contributed by atoms with Crippen molar-refractivity contribution in [1.29, 1.82) is 0 Å². The molecular formula is C32H34N2O7. The van der Waals surface area contributed by atoms with Crippen LogP contribution in [0.1, 0.15) is 50.0 Å². The fraction of sp³-hybridized carbons (Fsp3) is 0.312. The van der Waals surface area contributed by atoms with E-state index in [2.05, 4.69) is 26.1 Å². The van der Waals surface area contributed by atoms with E-state index in [0.29, 0.717) is 28.4 Å². The normalized spacial score (nSPS) is 14.9. The molecule has 0 aromatic heterocycles. The monoisotopic (exact) mass is 558 g/mol. The van der Waals surface area contributed by atoms with Gasteiger partial charge in [-0.3, -0.25) is 14.4 Å². The molecule has 4 rings (SSSR count). The highest BCUT2D eigenvalue weighted by molar-refractivity contribution is 6.00. The number of nitrogens with one attached hydrogen (secondary N) is 1. The van der Waals surface area contributed by atoms with Gasteiger partial charge in [-0.15, -0.1) is 0 Å². The van der Waals surface area contributed by atoms with E-state index in [0.717, 1.165) is 0 Å². The number of benzene rings is 3. The first kappa shape index (κ1) is 29.3. The van der Waals surface area contributed by atoms with Crippen LogP contribution in [-0.4, -0.2) is 43.5 Å². The molecule has 9 heteroatoms. The minimum absolute atomic E-state index is 0.00580. The van der Waals surface area contributed by atoms with Crippen molar-refractivity contribution in [2.75, 3.05) is 30.0 Å². The maximum Gasteiger partial charge on any atom is 0.338 e. The molecule has 0 spiro atoms. The van der Waals surface area contributed by atoms with Gasteiger partial charge in [-0.05, 0) is 78.6 Å². The first-order valence-electron chi connectivity index (χ1n) is 13.5. The lowest BCUT2D eigenvalue weighted by molar-refractivity contribution is -0.151. The molecule has 1 fully saturated rings. The van der Waals surface area contributed by atoms with E-state index >= 15 is 0 Å². The van der Waals surface area contributed by atoms with E-state index in [9.17, 15) is 19.2 Å². The number of hydrogen-bond acceptors (Lipinski definition) is 7. The average Bonchev–Trinajstić information content (AvgIpc) is 3.34. The van der Waals surface area contributed by atoms with Gasteiger partial charge in [0.25, 0.3) is 5.91 Å². The smallest absolute Gasteiger partial charge is 0.338 e. The summed E-state index contributed by atoms with van der Waals surface area (Å²) in [5.41, 5.74) is 2.71. The molecule has 9 nitrogen and oxygen atoms in total. The molecule has 1 saturated heterocycles. The lowest BCUT2D eigenvalue weighted by atomic mass is 9.87. The summed E-state index contributed by atoms with van der Waals surface area (Å²) >= 11 is 0. The zero-order valence-electron chi connectivity index (χ0n) is 23.6. The number of esters is 2. The molecule has 0 unspecified atom stereocenters. The number of carbonyl (C=O) groups is 4. The quantitative estimate of drug-likeness (QED) is 0.346. The van der Waals surface area contributed by atoms with Crippen molar-refractivity contribution in [3.05, 3.63) is 83.9 Å². The largest absolute Gasteiger partial charge is 0.462 e. The predicted octanol–water partition coefficient (Wildman–Crippen LogP) is 5.49. The van der Waals surface area contributed by atoms with Crippen molar-refractivity contribution < 1.29 is 33.4 Å². The van der Waals surface area contributed by atoms with E-state index in [1.54, 1.807) is 43.3 Å². The molecule has 1 heterocycles. The maximum absolute atomic E-state index is 12.6. The highest BCUT2D eigenvalue weighted by Crippen LogP contribution is 2.30. The molecule has 0 bridgehead atoms. The van der Waals surface area contributed by atoms with Crippen LogP contribution in [0.3, 0.4) is 0 Å². The van der Waals surface area contributed by atoms with Gasteiger partial charge in [0.1, 0.15) is 11.5 Å². The Kier molecular flexibility index (Phi) is 9.07. The van der Waals surface area contributed by atoms with Gasteiger partial charge in [-0.2, -0.15) is 0 Å². The molecule has 0 radical (unpaired) electrons. The summed E-state index contributed by atoms with van der Waals surface area (Å²) in [5.74, 6) is -1.16. The number of amides is 2. The SMILES string of the molecule is CCOC(=O)c1ccc(NC(=O)COC(=O)[C@@H]2CC(=O)N(c3ccc(Oc4ccc(C(C)(C)C)cc4)cc3)C2)cc1. The molecule has 41 heavy (non-hydrogen) atoms. The highest BCUT2D eigenvalue weighted by atomic mass is 16.5. The van der Waals surface area contributed by atoms with E-state index in [1.165, 1.54) is 22.6 Å². The zero-order valence-corrected chi connectivity index (χ0v) is 23.6. The number of carbonyl (C=O) groups excluding carboxylic acids is 4. The van der Waals surface area contributed by atoms with Crippen LogP contribution in [-0.2, 0) is 29.3 Å². The second-order valence-electron chi connectivity index (χ2n) is 10.7. The van der Waals surface area contributed by atoms with Crippen molar-refractivity contribution in [2.45, 2.75) is 39.5 Å². The summed E-state index contributed by atoms with van der Waals surface area (Å²) in [4.78, 5) is 50.8. The molecule has 214 valence electrons. The summed E-state index contributed by atoms with van der Waals surface area (Å²) < 4.78 is 16.0. The second-order valence-corrected chi connectivity index (χ2v) is 10.7. The van der Waals surface area contributed by atoms with E-state index in [4.69, 9.17) is 14.2 Å². The zero-order chi connectivity index (χ0) is 29.6. The molecule has 2 amide bonds. The van der Waals surface area contributed by atoms with Gasteiger partial charge >= 0.3 is 11.9 Å². The highest BCUT2D eigenvalue weighted by Gasteiger charge is 2.36. The molecular weight excluding hydrogens is 524 g/mol. The van der Waals surface area contributed by atoms with Gasteiger partial charge in [-0.1, -0.05) is 32.9 Å². The fourth-order valence-electron chi connectivity index (χ4n) is 4.32. The Labute approximate surface area is 239 Å². The third-order valence-corrected chi connectivity index (χ3v) is 6.59. The van der Waals surface area contributed by atoms with Crippen LogP contribution < -0.4 is 15.0 Å². The van der Waals surface area contributed by atoms with Gasteiger partial charge in [0.15, 0.2) is 6.61 Å². The van der Waals surface area contributed by atoms with Crippen LogP contribution in [0.4, 0.5) is 11.4 Å². The second kappa shape index (κ2) is 12.7. The van der Waals surface area contributed by atoms with Crippen LogP contribution in [0.2, 0.25) is 0 Å². The molecule has 0 aliphatic carbocycles. The molecule has 1 aliphatic heterocycles. The van der Waals surface area contributed by atoms with Gasteiger partial charge in [0.2, 0.25) is 5.91 Å². The number of nitrogens with zero attached hydrogens (tertiary/aromatic N) is 1. The first-order valence-corrected chi connectivity index (χ1v) is 13.5. The Hall–Kier alpha value is -4.66. The number of anilines is 2. The molecule has 3 aromatic carbocycles. The molecule has 1 atom stereocenters. The third kappa shape index (κ3) is 7.72. The molecule has 0 saturated carbocycles. The Morgan fingerprint density at radius 2 is 1.49 bits per heavy atom. The Morgan fingerprint density at radius 1 is 0.878 bits per heavy atom. The number of rotatable bonds is 9. The number of ether oxygens (including phenoxy) is 3. The fourth-order valence-corrected chi connectivity index (χ4v) is 4.32. The number of hydrogen-bond donors (Lipinski definition) is 1. The minimum Gasteiger partial charge on any atom is -0.462 e. The minimum atomic E-state index is -0.684. The van der Waals surface area contributed by atoms with Crippen molar-refractivity contribution >= 4 is 35.1 Å². The van der Waals surface area contributed by atoms with Crippen molar-refractivity contribution in [1.82, 2.24) is 0 Å². The lowest BCUT2D eigenvalue weighted by Crippen LogP contribution is -2.28. The van der Waals surface area contributed by atoms with Crippen LogP contribution >= 0.6 is 0 Å². The topological polar surface area (TPSA) is 111 Å². The molecule has 1 aliphatic rings. The van der Waals surface area contributed by atoms with Crippen LogP contribution in [0, 0.1) is 5.92 Å². The van der Waals surface area contributed by atoms with E-state index < -0.39 is 30.4 Å². The van der Waals surface area contributed by atoms with E-state index in [1.807, 2.05) is 24.3 Å². The summed E-state index contributed by atoms with van der Waals surface area (Å²) in [7, 11) is 0. The first-order chi connectivity index (χ1) is 19.5. The summed E-state index contributed by atoms with van der Waals surface area (Å²) in [6.07, 6.45) is -0.00580. The average molecular weight is 559 g/mol. The maximum atomic E-state index is 12.6. The van der Waals surface area contributed by atoms with E-state index in [-0.39, 0.29) is 30.9 Å². The van der Waals surface area contributed by atoms with Crippen molar-refractivity contribution in [3.8, 4) is 11.5 Å². The molecule has 3 aromatic rings. The van der Waals surface area contributed by atoms with Crippen LogP contribution in [0.15, 0.2) is 72.8 Å².